The molecule has 1 amide bonds. The normalized spacial score (nSPS) is 10.9. The van der Waals surface area contributed by atoms with Crippen LogP contribution < -0.4 is 5.32 Å². The summed E-state index contributed by atoms with van der Waals surface area (Å²) in [6.45, 7) is 2.41. The monoisotopic (exact) mass is 341 g/mol. The van der Waals surface area contributed by atoms with E-state index >= 15 is 0 Å². The Balaban J connectivity index is 2.16. The smallest absolute Gasteiger partial charge is 0.244 e. The molecule has 0 saturated heterocycles. The molecule has 4 nitrogen and oxygen atoms in total. The van der Waals surface area contributed by atoms with Crippen LogP contribution in [0.15, 0.2) is 34.8 Å². The molecule has 20 heavy (non-hydrogen) atoms. The fourth-order valence-corrected chi connectivity index (χ4v) is 1.88. The van der Waals surface area contributed by atoms with Crippen LogP contribution in [-0.2, 0) is 14.3 Å². The lowest BCUT2D eigenvalue weighted by molar-refractivity contribution is -0.116. The van der Waals surface area contributed by atoms with E-state index in [4.69, 9.17) is 9.47 Å². The Bertz CT molecular complexity index is 435. The second-order valence-corrected chi connectivity index (χ2v) is 4.96. The molecular formula is C15H20BrNO3. The molecule has 1 rings (SSSR count). The third-order valence-electron chi connectivity index (χ3n) is 2.52. The van der Waals surface area contributed by atoms with Crippen molar-refractivity contribution in [3.05, 3.63) is 40.4 Å². The molecular weight excluding hydrogens is 322 g/mol. The zero-order valence-electron chi connectivity index (χ0n) is 11.6. The second-order valence-electron chi connectivity index (χ2n) is 4.10. The van der Waals surface area contributed by atoms with E-state index in [2.05, 4.69) is 21.2 Å². The minimum absolute atomic E-state index is 0.0994. The summed E-state index contributed by atoms with van der Waals surface area (Å²) in [5.74, 6) is -0.0994. The van der Waals surface area contributed by atoms with E-state index in [9.17, 15) is 4.79 Å². The highest BCUT2D eigenvalue weighted by molar-refractivity contribution is 9.10. The van der Waals surface area contributed by atoms with Crippen molar-refractivity contribution in [1.82, 2.24) is 5.32 Å². The number of amides is 1. The topological polar surface area (TPSA) is 47.6 Å². The number of ether oxygens (including phenoxy) is 2. The van der Waals surface area contributed by atoms with Crippen LogP contribution in [0.5, 0.6) is 0 Å². The number of nitrogens with one attached hydrogen (secondary N) is 1. The predicted octanol–water partition coefficient (Wildman–Crippen LogP) is 2.63. The standard InChI is InChI=1S/C15H20BrNO3/c1-19-11-12-20-10-4-9-17-15(18)8-7-13-5-2-3-6-14(13)16/h2-3,5-8H,4,9-12H2,1H3,(H,17,18)/b8-7+. The first kappa shape index (κ1) is 16.9. The van der Waals surface area contributed by atoms with Gasteiger partial charge in [-0.1, -0.05) is 34.1 Å². The summed E-state index contributed by atoms with van der Waals surface area (Å²) in [6.07, 6.45) is 4.11. The number of hydrogen-bond donors (Lipinski definition) is 1. The third-order valence-corrected chi connectivity index (χ3v) is 3.24. The van der Waals surface area contributed by atoms with Gasteiger partial charge < -0.3 is 14.8 Å². The molecule has 1 aromatic rings. The summed E-state index contributed by atoms with van der Waals surface area (Å²) >= 11 is 3.43. The number of carbonyl (C=O) groups is 1. The van der Waals surface area contributed by atoms with Gasteiger partial charge in [-0.05, 0) is 24.1 Å². The van der Waals surface area contributed by atoms with Gasteiger partial charge in [-0.3, -0.25) is 4.79 Å². The maximum Gasteiger partial charge on any atom is 0.244 e. The highest BCUT2D eigenvalue weighted by atomic mass is 79.9. The number of methoxy groups -OCH3 is 1. The first-order valence-electron chi connectivity index (χ1n) is 6.51. The van der Waals surface area contributed by atoms with Crippen LogP contribution in [0.1, 0.15) is 12.0 Å². The highest BCUT2D eigenvalue weighted by Gasteiger charge is 1.97. The molecule has 0 heterocycles. The maximum absolute atomic E-state index is 11.6. The summed E-state index contributed by atoms with van der Waals surface area (Å²) in [5, 5.41) is 2.81. The molecule has 0 unspecified atom stereocenters. The van der Waals surface area contributed by atoms with Gasteiger partial charge in [0.2, 0.25) is 5.91 Å². The first-order valence-corrected chi connectivity index (χ1v) is 7.30. The van der Waals surface area contributed by atoms with Crippen LogP contribution >= 0.6 is 15.9 Å². The fraction of sp³-hybridized carbons (Fsp3) is 0.400. The van der Waals surface area contributed by atoms with Crippen LogP contribution in [0.3, 0.4) is 0 Å². The lowest BCUT2D eigenvalue weighted by Gasteiger charge is -2.04. The average Bonchev–Trinajstić information content (AvgIpc) is 2.45. The van der Waals surface area contributed by atoms with Crippen molar-refractivity contribution >= 4 is 27.9 Å². The van der Waals surface area contributed by atoms with Gasteiger partial charge in [0.05, 0.1) is 13.2 Å². The number of rotatable bonds is 9. The molecule has 0 aromatic heterocycles. The van der Waals surface area contributed by atoms with Crippen molar-refractivity contribution in [1.29, 1.82) is 0 Å². The molecule has 110 valence electrons. The first-order chi connectivity index (χ1) is 9.74. The molecule has 0 atom stereocenters. The lowest BCUT2D eigenvalue weighted by atomic mass is 10.2. The minimum atomic E-state index is -0.0994. The molecule has 0 bridgehead atoms. The molecule has 0 aliphatic rings. The minimum Gasteiger partial charge on any atom is -0.382 e. The van der Waals surface area contributed by atoms with Gasteiger partial charge in [0.25, 0.3) is 0 Å². The lowest BCUT2D eigenvalue weighted by Crippen LogP contribution is -2.23. The van der Waals surface area contributed by atoms with E-state index in [0.29, 0.717) is 26.4 Å². The van der Waals surface area contributed by atoms with Gasteiger partial charge >= 0.3 is 0 Å². The summed E-state index contributed by atoms with van der Waals surface area (Å²) in [7, 11) is 1.64. The number of hydrogen-bond acceptors (Lipinski definition) is 3. The molecule has 0 saturated carbocycles. The van der Waals surface area contributed by atoms with Crippen LogP contribution in [-0.4, -0.2) is 39.4 Å². The molecule has 5 heteroatoms. The fourth-order valence-electron chi connectivity index (χ4n) is 1.46. The van der Waals surface area contributed by atoms with Crippen molar-refractivity contribution < 1.29 is 14.3 Å². The summed E-state index contributed by atoms with van der Waals surface area (Å²) in [5.41, 5.74) is 0.977. The van der Waals surface area contributed by atoms with E-state index in [1.807, 2.05) is 24.3 Å². The van der Waals surface area contributed by atoms with Crippen LogP contribution in [0.4, 0.5) is 0 Å². The number of carbonyl (C=O) groups excluding carboxylic acids is 1. The highest BCUT2D eigenvalue weighted by Crippen LogP contribution is 2.16. The third kappa shape index (κ3) is 7.43. The predicted molar refractivity (Wildman–Crippen MR) is 83.5 cm³/mol. The molecule has 1 aromatic carbocycles. The zero-order valence-corrected chi connectivity index (χ0v) is 13.2. The van der Waals surface area contributed by atoms with Crippen LogP contribution in [0.25, 0.3) is 6.08 Å². The van der Waals surface area contributed by atoms with Gasteiger partial charge in [-0.25, -0.2) is 0 Å². The summed E-state index contributed by atoms with van der Waals surface area (Å²) in [4.78, 5) is 11.6. The Labute approximate surface area is 128 Å². The Kier molecular flexibility index (Phi) is 8.95. The molecule has 0 aliphatic carbocycles. The van der Waals surface area contributed by atoms with Crippen molar-refractivity contribution in [2.24, 2.45) is 0 Å². The van der Waals surface area contributed by atoms with Crippen molar-refractivity contribution in [2.45, 2.75) is 6.42 Å². The Morgan fingerprint density at radius 3 is 2.85 bits per heavy atom. The van der Waals surface area contributed by atoms with Gasteiger partial charge in [0.1, 0.15) is 0 Å². The number of halogens is 1. The quantitative estimate of drug-likeness (QED) is 0.554. The van der Waals surface area contributed by atoms with Crippen molar-refractivity contribution in [3.8, 4) is 0 Å². The second kappa shape index (κ2) is 10.6. The zero-order chi connectivity index (χ0) is 14.6. The molecule has 0 spiro atoms. The van der Waals surface area contributed by atoms with E-state index in [-0.39, 0.29) is 5.91 Å². The molecule has 0 fully saturated rings. The largest absolute Gasteiger partial charge is 0.382 e. The van der Waals surface area contributed by atoms with Gasteiger partial charge in [-0.2, -0.15) is 0 Å². The Hall–Kier alpha value is -1.17. The van der Waals surface area contributed by atoms with Crippen LogP contribution in [0, 0.1) is 0 Å². The summed E-state index contributed by atoms with van der Waals surface area (Å²) in [6, 6.07) is 7.75. The Morgan fingerprint density at radius 1 is 1.30 bits per heavy atom. The SMILES string of the molecule is COCCOCCCNC(=O)/C=C/c1ccccc1Br. The van der Waals surface area contributed by atoms with Gasteiger partial charge in [-0.15, -0.1) is 0 Å². The maximum atomic E-state index is 11.6. The molecule has 1 N–H and O–H groups in total. The van der Waals surface area contributed by atoms with Crippen molar-refractivity contribution in [2.75, 3.05) is 33.5 Å². The van der Waals surface area contributed by atoms with E-state index in [0.717, 1.165) is 16.5 Å². The summed E-state index contributed by atoms with van der Waals surface area (Å²) < 4.78 is 11.1. The average molecular weight is 342 g/mol. The van der Waals surface area contributed by atoms with E-state index in [1.54, 1.807) is 13.2 Å². The van der Waals surface area contributed by atoms with Crippen molar-refractivity contribution in [3.63, 3.8) is 0 Å². The van der Waals surface area contributed by atoms with Gasteiger partial charge in [0, 0.05) is 30.8 Å². The Morgan fingerprint density at radius 2 is 2.10 bits per heavy atom. The van der Waals surface area contributed by atoms with E-state index < -0.39 is 0 Å². The molecule has 0 aliphatic heterocycles. The van der Waals surface area contributed by atoms with Gasteiger partial charge in [0.15, 0.2) is 0 Å². The van der Waals surface area contributed by atoms with E-state index in [1.165, 1.54) is 6.08 Å². The molecule has 0 radical (unpaired) electrons. The number of benzene rings is 1. The van der Waals surface area contributed by atoms with Crippen LogP contribution in [0.2, 0.25) is 0 Å².